The lowest BCUT2D eigenvalue weighted by atomic mass is 10.1. The summed E-state index contributed by atoms with van der Waals surface area (Å²) in [7, 11) is 0. The summed E-state index contributed by atoms with van der Waals surface area (Å²) >= 11 is 17.1. The molecule has 4 rings (SSSR count). The van der Waals surface area contributed by atoms with Gasteiger partial charge in [0.25, 0.3) is 5.91 Å². The zero-order chi connectivity index (χ0) is 23.4. The molecule has 0 saturated carbocycles. The molecule has 0 aliphatic heterocycles. The highest BCUT2D eigenvalue weighted by Gasteiger charge is 2.10. The summed E-state index contributed by atoms with van der Waals surface area (Å²) in [6.07, 6.45) is 0.537. The van der Waals surface area contributed by atoms with Crippen molar-refractivity contribution in [1.29, 1.82) is 0 Å². The Bertz CT molecular complexity index is 1320. The third kappa shape index (κ3) is 6.22. The number of hydrogen-bond acceptors (Lipinski definition) is 5. The van der Waals surface area contributed by atoms with Crippen LogP contribution in [-0.4, -0.2) is 22.6 Å². The zero-order valence-corrected chi connectivity index (χ0v) is 19.9. The molecule has 0 fully saturated rings. The van der Waals surface area contributed by atoms with E-state index in [9.17, 15) is 4.79 Å². The van der Waals surface area contributed by atoms with Gasteiger partial charge in [-0.2, -0.15) is 0 Å². The number of thiocarbonyl (C=S) groups is 1. The summed E-state index contributed by atoms with van der Waals surface area (Å²) in [6, 6.07) is 18.1. The number of benzene rings is 3. The molecule has 0 atom stereocenters. The quantitative estimate of drug-likeness (QED) is 0.320. The first kappa shape index (κ1) is 23.0. The van der Waals surface area contributed by atoms with E-state index in [0.29, 0.717) is 33.7 Å². The molecule has 0 aliphatic rings. The van der Waals surface area contributed by atoms with E-state index >= 15 is 0 Å². The summed E-state index contributed by atoms with van der Waals surface area (Å²) < 4.78 is 11.3. The summed E-state index contributed by atoms with van der Waals surface area (Å²) in [5.41, 5.74) is 4.02. The molecule has 1 heterocycles. The molecule has 0 saturated heterocycles. The van der Waals surface area contributed by atoms with E-state index in [0.717, 1.165) is 22.3 Å². The number of oxazole rings is 1. The molecule has 0 bridgehead atoms. The lowest BCUT2D eigenvalue weighted by molar-refractivity contribution is -0.121. The maximum atomic E-state index is 12.1. The SMILES string of the molecule is Cc1cc(Cl)ccc1OCC(=O)NC(=S)Nc1ccc(Cc2nc3cc(Cl)ccc3o2)cc1. The van der Waals surface area contributed by atoms with Crippen LogP contribution in [0, 0.1) is 6.92 Å². The van der Waals surface area contributed by atoms with Crippen LogP contribution in [0.2, 0.25) is 10.0 Å². The first-order valence-corrected chi connectivity index (χ1v) is 11.2. The van der Waals surface area contributed by atoms with Crippen molar-refractivity contribution in [3.63, 3.8) is 0 Å². The number of aromatic nitrogens is 1. The average Bonchev–Trinajstić information content (AvgIpc) is 3.15. The molecule has 3 aromatic carbocycles. The number of ether oxygens (including phenoxy) is 1. The van der Waals surface area contributed by atoms with Crippen molar-refractivity contribution in [1.82, 2.24) is 10.3 Å². The van der Waals surface area contributed by atoms with Crippen molar-refractivity contribution in [3.05, 3.63) is 87.7 Å². The topological polar surface area (TPSA) is 76.4 Å². The van der Waals surface area contributed by atoms with Gasteiger partial charge in [0.2, 0.25) is 0 Å². The van der Waals surface area contributed by atoms with Crippen LogP contribution in [0.3, 0.4) is 0 Å². The second kappa shape index (κ2) is 10.2. The van der Waals surface area contributed by atoms with Gasteiger partial charge in [-0.25, -0.2) is 4.98 Å². The van der Waals surface area contributed by atoms with Crippen molar-refractivity contribution in [3.8, 4) is 5.75 Å². The second-order valence-electron chi connectivity index (χ2n) is 7.29. The van der Waals surface area contributed by atoms with Gasteiger partial charge >= 0.3 is 0 Å². The molecule has 1 amide bonds. The number of carbonyl (C=O) groups excluding carboxylic acids is 1. The molecule has 0 spiro atoms. The molecule has 0 aliphatic carbocycles. The van der Waals surface area contributed by atoms with Gasteiger partial charge in [-0.05, 0) is 78.8 Å². The number of amides is 1. The van der Waals surface area contributed by atoms with Gasteiger partial charge < -0.3 is 14.5 Å². The number of halogens is 2. The van der Waals surface area contributed by atoms with E-state index in [1.807, 2.05) is 31.2 Å². The van der Waals surface area contributed by atoms with Crippen molar-refractivity contribution in [2.75, 3.05) is 11.9 Å². The van der Waals surface area contributed by atoms with Crippen molar-refractivity contribution < 1.29 is 13.9 Å². The molecular weight excluding hydrogens is 481 g/mol. The summed E-state index contributed by atoms with van der Waals surface area (Å²) in [5.74, 6) is 0.826. The molecule has 4 aromatic rings. The van der Waals surface area contributed by atoms with Gasteiger partial charge in [-0.3, -0.25) is 10.1 Å². The van der Waals surface area contributed by atoms with E-state index in [1.54, 1.807) is 36.4 Å². The number of hydrogen-bond donors (Lipinski definition) is 2. The monoisotopic (exact) mass is 499 g/mol. The minimum Gasteiger partial charge on any atom is -0.483 e. The van der Waals surface area contributed by atoms with Crippen LogP contribution in [0.15, 0.2) is 65.1 Å². The first-order chi connectivity index (χ1) is 15.9. The number of carbonyl (C=O) groups is 1. The standard InChI is InChI=1S/C24H19Cl2N3O3S/c1-14-10-16(25)4-8-20(14)31-13-22(30)29-24(33)27-18-6-2-15(3-7-18)11-23-28-19-12-17(26)5-9-21(19)32-23/h2-10,12H,11,13H2,1H3,(H2,27,29,30,33). The smallest absolute Gasteiger partial charge is 0.264 e. The molecular formula is C24H19Cl2N3O3S. The second-order valence-corrected chi connectivity index (χ2v) is 8.58. The predicted molar refractivity (Wildman–Crippen MR) is 134 cm³/mol. The Balaban J connectivity index is 1.27. The normalized spacial score (nSPS) is 10.8. The minimum atomic E-state index is -0.366. The maximum absolute atomic E-state index is 12.1. The minimum absolute atomic E-state index is 0.168. The summed E-state index contributed by atoms with van der Waals surface area (Å²) in [5, 5.41) is 6.99. The van der Waals surface area contributed by atoms with Crippen molar-refractivity contribution in [2.24, 2.45) is 0 Å². The third-order valence-corrected chi connectivity index (χ3v) is 5.38. The average molecular weight is 500 g/mol. The number of rotatable bonds is 6. The van der Waals surface area contributed by atoms with Crippen LogP contribution in [0.4, 0.5) is 5.69 Å². The van der Waals surface area contributed by atoms with Gasteiger partial charge in [0.15, 0.2) is 23.2 Å². The number of anilines is 1. The Hall–Kier alpha value is -3.13. The van der Waals surface area contributed by atoms with Crippen LogP contribution in [-0.2, 0) is 11.2 Å². The van der Waals surface area contributed by atoms with Crippen LogP contribution in [0.1, 0.15) is 17.0 Å². The van der Waals surface area contributed by atoms with Crippen molar-refractivity contribution >= 4 is 63.2 Å². The van der Waals surface area contributed by atoms with Gasteiger partial charge in [0, 0.05) is 22.2 Å². The number of aryl methyl sites for hydroxylation is 1. The van der Waals surface area contributed by atoms with Gasteiger partial charge in [-0.15, -0.1) is 0 Å². The molecule has 33 heavy (non-hydrogen) atoms. The Morgan fingerprint density at radius 2 is 1.79 bits per heavy atom. The Morgan fingerprint density at radius 3 is 2.55 bits per heavy atom. The van der Waals surface area contributed by atoms with Crippen LogP contribution < -0.4 is 15.4 Å². The number of fused-ring (bicyclic) bond motifs is 1. The lowest BCUT2D eigenvalue weighted by Gasteiger charge is -2.12. The Morgan fingerprint density at radius 1 is 1.06 bits per heavy atom. The molecule has 1 aromatic heterocycles. The first-order valence-electron chi connectivity index (χ1n) is 9.99. The third-order valence-electron chi connectivity index (χ3n) is 4.71. The molecule has 0 radical (unpaired) electrons. The largest absolute Gasteiger partial charge is 0.483 e. The molecule has 2 N–H and O–H groups in total. The highest BCUT2D eigenvalue weighted by Crippen LogP contribution is 2.23. The zero-order valence-electron chi connectivity index (χ0n) is 17.5. The Labute approximate surface area is 205 Å². The highest BCUT2D eigenvalue weighted by atomic mass is 35.5. The van der Waals surface area contributed by atoms with E-state index in [1.165, 1.54) is 0 Å². The maximum Gasteiger partial charge on any atom is 0.264 e. The van der Waals surface area contributed by atoms with E-state index < -0.39 is 0 Å². The fraction of sp³-hybridized carbons (Fsp3) is 0.125. The number of nitrogens with zero attached hydrogens (tertiary/aromatic N) is 1. The highest BCUT2D eigenvalue weighted by molar-refractivity contribution is 7.80. The van der Waals surface area contributed by atoms with E-state index in [-0.39, 0.29) is 17.6 Å². The van der Waals surface area contributed by atoms with Gasteiger partial charge in [-0.1, -0.05) is 35.3 Å². The van der Waals surface area contributed by atoms with Gasteiger partial charge in [0.05, 0.1) is 0 Å². The molecule has 168 valence electrons. The molecule has 6 nitrogen and oxygen atoms in total. The molecule has 9 heteroatoms. The fourth-order valence-electron chi connectivity index (χ4n) is 3.15. The summed E-state index contributed by atoms with van der Waals surface area (Å²) in [4.78, 5) is 16.6. The lowest BCUT2D eigenvalue weighted by Crippen LogP contribution is -2.37. The molecule has 0 unspecified atom stereocenters. The van der Waals surface area contributed by atoms with E-state index in [4.69, 9.17) is 44.6 Å². The summed E-state index contributed by atoms with van der Waals surface area (Å²) in [6.45, 7) is 1.69. The van der Waals surface area contributed by atoms with Crippen LogP contribution in [0.25, 0.3) is 11.1 Å². The van der Waals surface area contributed by atoms with Crippen LogP contribution in [0.5, 0.6) is 5.75 Å². The van der Waals surface area contributed by atoms with Gasteiger partial charge in [0.1, 0.15) is 11.3 Å². The predicted octanol–water partition coefficient (Wildman–Crippen LogP) is 5.93. The fourth-order valence-corrected chi connectivity index (χ4v) is 3.77. The van der Waals surface area contributed by atoms with E-state index in [2.05, 4.69) is 15.6 Å². The Kier molecular flexibility index (Phi) is 7.13. The number of nitrogens with one attached hydrogen (secondary N) is 2. The van der Waals surface area contributed by atoms with Crippen LogP contribution >= 0.6 is 35.4 Å². The van der Waals surface area contributed by atoms with Crippen molar-refractivity contribution in [2.45, 2.75) is 13.3 Å².